The van der Waals surface area contributed by atoms with Crippen LogP contribution in [-0.4, -0.2) is 25.1 Å². The number of fused-ring (bicyclic) bond motifs is 1. The second-order valence-electron chi connectivity index (χ2n) is 6.08. The third kappa shape index (κ3) is 2.45. The average molecular weight is 276 g/mol. The zero-order chi connectivity index (χ0) is 14.9. The van der Waals surface area contributed by atoms with Gasteiger partial charge in [0.1, 0.15) is 5.75 Å². The van der Waals surface area contributed by atoms with Crippen molar-refractivity contribution in [1.29, 1.82) is 0 Å². The fraction of sp³-hybridized carbons (Fsp3) is 0.647. The molecule has 0 amide bonds. The zero-order valence-electron chi connectivity index (χ0n) is 13.5. The van der Waals surface area contributed by atoms with E-state index >= 15 is 0 Å². The highest BCUT2D eigenvalue weighted by Crippen LogP contribution is 2.44. The molecule has 20 heavy (non-hydrogen) atoms. The Kier molecular flexibility index (Phi) is 4.71. The molecule has 0 bridgehead atoms. The van der Waals surface area contributed by atoms with Crippen LogP contribution in [0.25, 0.3) is 0 Å². The van der Waals surface area contributed by atoms with Gasteiger partial charge in [0.15, 0.2) is 0 Å². The summed E-state index contributed by atoms with van der Waals surface area (Å²) >= 11 is 0. The van der Waals surface area contributed by atoms with E-state index in [1.807, 2.05) is 0 Å². The minimum absolute atomic E-state index is 0.344. The van der Waals surface area contributed by atoms with Crippen molar-refractivity contribution in [3.63, 3.8) is 0 Å². The molecule has 3 heteroatoms. The van der Waals surface area contributed by atoms with Crippen molar-refractivity contribution in [3.05, 3.63) is 28.3 Å². The average Bonchev–Trinajstić information content (AvgIpc) is 2.77. The maximum absolute atomic E-state index is 6.10. The van der Waals surface area contributed by atoms with E-state index in [-0.39, 0.29) is 0 Å². The van der Waals surface area contributed by atoms with Gasteiger partial charge in [0.2, 0.25) is 0 Å². The second kappa shape index (κ2) is 6.15. The fourth-order valence-electron chi connectivity index (χ4n) is 3.51. The van der Waals surface area contributed by atoms with Gasteiger partial charge in [-0.1, -0.05) is 20.8 Å². The summed E-state index contributed by atoms with van der Waals surface area (Å²) in [5.74, 6) is 1.47. The zero-order valence-corrected chi connectivity index (χ0v) is 13.5. The van der Waals surface area contributed by atoms with Gasteiger partial charge >= 0.3 is 0 Å². The molecule has 0 aromatic heterocycles. The number of rotatable bonds is 5. The first-order chi connectivity index (χ1) is 9.54. The topological polar surface area (TPSA) is 38.5 Å². The molecule has 1 aromatic rings. The van der Waals surface area contributed by atoms with Gasteiger partial charge in [-0.15, -0.1) is 0 Å². The van der Waals surface area contributed by atoms with E-state index in [4.69, 9.17) is 10.5 Å². The minimum Gasteiger partial charge on any atom is -0.496 e. The van der Waals surface area contributed by atoms with Gasteiger partial charge in [0, 0.05) is 24.7 Å². The Morgan fingerprint density at radius 3 is 2.65 bits per heavy atom. The van der Waals surface area contributed by atoms with Crippen LogP contribution in [0, 0.1) is 6.92 Å². The molecule has 0 aliphatic carbocycles. The maximum Gasteiger partial charge on any atom is 0.122 e. The van der Waals surface area contributed by atoms with E-state index in [0.29, 0.717) is 18.5 Å². The van der Waals surface area contributed by atoms with Gasteiger partial charge in [-0.3, -0.25) is 4.90 Å². The lowest BCUT2D eigenvalue weighted by atomic mass is 9.88. The third-order valence-electron chi connectivity index (χ3n) is 4.37. The van der Waals surface area contributed by atoms with Gasteiger partial charge in [-0.25, -0.2) is 0 Å². The van der Waals surface area contributed by atoms with Crippen molar-refractivity contribution in [2.75, 3.05) is 20.2 Å². The first-order valence-corrected chi connectivity index (χ1v) is 7.69. The lowest BCUT2D eigenvalue weighted by Gasteiger charge is -2.26. The molecule has 0 saturated heterocycles. The normalized spacial score (nSPS) is 18.6. The summed E-state index contributed by atoms with van der Waals surface area (Å²) in [7, 11) is 1.77. The van der Waals surface area contributed by atoms with Gasteiger partial charge in [-0.2, -0.15) is 0 Å². The molecule has 0 spiro atoms. The molecular weight excluding hydrogens is 248 g/mol. The number of ether oxygens (including phenoxy) is 1. The van der Waals surface area contributed by atoms with Gasteiger partial charge in [0.25, 0.3) is 0 Å². The number of benzene rings is 1. The standard InChI is InChI=1S/C17H28N2O/c1-6-7-19-10-13-12(4)8-15(20-5)16(11(2)3)17(13)14(19)9-18/h8,11,14H,6-7,9-10,18H2,1-5H3. The summed E-state index contributed by atoms with van der Waals surface area (Å²) in [5, 5.41) is 0. The Hall–Kier alpha value is -1.06. The van der Waals surface area contributed by atoms with Crippen LogP contribution < -0.4 is 10.5 Å². The summed E-state index contributed by atoms with van der Waals surface area (Å²) in [5.41, 5.74) is 11.7. The molecule has 0 fully saturated rings. The highest BCUT2D eigenvalue weighted by Gasteiger charge is 2.34. The maximum atomic E-state index is 6.10. The van der Waals surface area contributed by atoms with Crippen molar-refractivity contribution in [2.45, 2.75) is 52.6 Å². The van der Waals surface area contributed by atoms with Crippen molar-refractivity contribution >= 4 is 0 Å². The van der Waals surface area contributed by atoms with Crippen LogP contribution in [0.3, 0.4) is 0 Å². The van der Waals surface area contributed by atoms with Crippen LogP contribution in [0.1, 0.15) is 61.4 Å². The Morgan fingerprint density at radius 1 is 1.45 bits per heavy atom. The van der Waals surface area contributed by atoms with E-state index in [1.54, 1.807) is 7.11 Å². The summed E-state index contributed by atoms with van der Waals surface area (Å²) < 4.78 is 5.64. The highest BCUT2D eigenvalue weighted by atomic mass is 16.5. The van der Waals surface area contributed by atoms with Gasteiger partial charge in [0.05, 0.1) is 7.11 Å². The minimum atomic E-state index is 0.344. The van der Waals surface area contributed by atoms with E-state index in [0.717, 1.165) is 25.3 Å². The number of hydrogen-bond donors (Lipinski definition) is 1. The number of nitrogens with zero attached hydrogens (tertiary/aromatic N) is 1. The van der Waals surface area contributed by atoms with Crippen LogP contribution in [0.4, 0.5) is 0 Å². The molecule has 112 valence electrons. The second-order valence-corrected chi connectivity index (χ2v) is 6.08. The molecule has 2 rings (SSSR count). The lowest BCUT2D eigenvalue weighted by molar-refractivity contribution is 0.219. The van der Waals surface area contributed by atoms with Crippen LogP contribution in [0.2, 0.25) is 0 Å². The molecule has 1 aliphatic heterocycles. The Labute approximate surface area is 123 Å². The molecule has 1 heterocycles. The Balaban J connectivity index is 2.60. The van der Waals surface area contributed by atoms with E-state index in [1.165, 1.54) is 22.3 Å². The van der Waals surface area contributed by atoms with E-state index in [2.05, 4.69) is 38.7 Å². The molecule has 3 nitrogen and oxygen atoms in total. The predicted molar refractivity (Wildman–Crippen MR) is 84.3 cm³/mol. The highest BCUT2D eigenvalue weighted by molar-refractivity contribution is 5.54. The first kappa shape index (κ1) is 15.3. The summed E-state index contributed by atoms with van der Waals surface area (Å²) in [6, 6.07) is 2.54. The van der Waals surface area contributed by atoms with Crippen LogP contribution in [0.15, 0.2) is 6.07 Å². The summed E-state index contributed by atoms with van der Waals surface area (Å²) in [4.78, 5) is 2.52. The molecular formula is C17H28N2O. The monoisotopic (exact) mass is 276 g/mol. The van der Waals surface area contributed by atoms with E-state index < -0.39 is 0 Å². The number of nitrogens with two attached hydrogens (primary N) is 1. The Bertz CT molecular complexity index is 482. The van der Waals surface area contributed by atoms with Crippen molar-refractivity contribution in [1.82, 2.24) is 4.90 Å². The smallest absolute Gasteiger partial charge is 0.122 e. The number of hydrogen-bond acceptors (Lipinski definition) is 3. The van der Waals surface area contributed by atoms with Crippen LogP contribution >= 0.6 is 0 Å². The molecule has 1 unspecified atom stereocenters. The third-order valence-corrected chi connectivity index (χ3v) is 4.37. The van der Waals surface area contributed by atoms with Crippen molar-refractivity contribution in [2.24, 2.45) is 5.73 Å². The molecule has 0 radical (unpaired) electrons. The van der Waals surface area contributed by atoms with Crippen LogP contribution in [-0.2, 0) is 6.54 Å². The fourth-order valence-corrected chi connectivity index (χ4v) is 3.51. The summed E-state index contributed by atoms with van der Waals surface area (Å²) in [6.07, 6.45) is 1.16. The predicted octanol–water partition coefficient (Wildman–Crippen LogP) is 3.35. The molecule has 2 N–H and O–H groups in total. The molecule has 1 atom stereocenters. The SMILES string of the molecule is CCCN1Cc2c(C)cc(OC)c(C(C)C)c2C1CN. The number of aryl methyl sites for hydroxylation is 1. The quantitative estimate of drug-likeness (QED) is 0.896. The first-order valence-electron chi connectivity index (χ1n) is 7.69. The van der Waals surface area contributed by atoms with E-state index in [9.17, 15) is 0 Å². The Morgan fingerprint density at radius 2 is 2.15 bits per heavy atom. The number of methoxy groups -OCH3 is 1. The van der Waals surface area contributed by atoms with Gasteiger partial charge in [-0.05, 0) is 48.6 Å². The van der Waals surface area contributed by atoms with Crippen LogP contribution in [0.5, 0.6) is 5.75 Å². The molecule has 1 aromatic carbocycles. The van der Waals surface area contributed by atoms with Gasteiger partial charge < -0.3 is 10.5 Å². The summed E-state index contributed by atoms with van der Waals surface area (Å²) in [6.45, 7) is 11.7. The molecule has 1 aliphatic rings. The largest absolute Gasteiger partial charge is 0.496 e. The molecule has 0 saturated carbocycles. The lowest BCUT2D eigenvalue weighted by Crippen LogP contribution is -2.29. The van der Waals surface area contributed by atoms with Crippen molar-refractivity contribution < 1.29 is 4.74 Å². The van der Waals surface area contributed by atoms with Crippen molar-refractivity contribution in [3.8, 4) is 5.75 Å².